The number of benzene rings is 1. The fourth-order valence-corrected chi connectivity index (χ4v) is 3.43. The molecule has 0 aromatic heterocycles. The molecule has 2 bridgehead atoms. The zero-order chi connectivity index (χ0) is 12.8. The Balaban J connectivity index is 1.89. The van der Waals surface area contributed by atoms with Gasteiger partial charge in [0, 0.05) is 18.2 Å². The highest BCUT2D eigenvalue weighted by Crippen LogP contribution is 2.39. The lowest BCUT2D eigenvalue weighted by Gasteiger charge is -2.34. The number of nitrogens with zero attached hydrogens (tertiary/aromatic N) is 2. The molecule has 0 spiro atoms. The van der Waals surface area contributed by atoms with E-state index in [-0.39, 0.29) is 11.6 Å². The Morgan fingerprint density at radius 2 is 2.00 bits per heavy atom. The second-order valence-corrected chi connectivity index (χ2v) is 6.09. The molecule has 0 aliphatic carbocycles. The molecule has 2 heteroatoms. The van der Waals surface area contributed by atoms with Crippen LogP contribution in [0.2, 0.25) is 0 Å². The second-order valence-electron chi connectivity index (χ2n) is 6.09. The van der Waals surface area contributed by atoms with E-state index in [4.69, 9.17) is 4.99 Å². The molecule has 96 valence electrons. The van der Waals surface area contributed by atoms with E-state index >= 15 is 0 Å². The summed E-state index contributed by atoms with van der Waals surface area (Å²) in [7, 11) is 0. The Bertz CT molecular complexity index is 461. The first-order chi connectivity index (χ1) is 8.59. The third-order valence-corrected chi connectivity index (χ3v) is 4.61. The van der Waals surface area contributed by atoms with Gasteiger partial charge in [0.1, 0.15) is 0 Å². The van der Waals surface area contributed by atoms with E-state index in [9.17, 15) is 0 Å². The van der Waals surface area contributed by atoms with Crippen molar-refractivity contribution >= 4 is 5.71 Å². The minimum absolute atomic E-state index is 0.173. The van der Waals surface area contributed by atoms with Crippen molar-refractivity contribution in [2.45, 2.75) is 38.8 Å². The van der Waals surface area contributed by atoms with Crippen molar-refractivity contribution in [1.29, 1.82) is 0 Å². The topological polar surface area (TPSA) is 15.6 Å². The molecule has 2 heterocycles. The van der Waals surface area contributed by atoms with Crippen molar-refractivity contribution in [2.75, 3.05) is 13.1 Å². The SMILES string of the molecule is CC(/N=C1/C2CCN(C2)C1(C)C)c1ccccc1. The Kier molecular flexibility index (Phi) is 2.78. The molecule has 2 nitrogen and oxygen atoms in total. The van der Waals surface area contributed by atoms with Crippen LogP contribution in [0.1, 0.15) is 38.8 Å². The van der Waals surface area contributed by atoms with Crippen molar-refractivity contribution < 1.29 is 0 Å². The van der Waals surface area contributed by atoms with Gasteiger partial charge in [-0.1, -0.05) is 30.3 Å². The van der Waals surface area contributed by atoms with Gasteiger partial charge in [0.05, 0.1) is 11.6 Å². The summed E-state index contributed by atoms with van der Waals surface area (Å²) in [4.78, 5) is 7.63. The zero-order valence-corrected chi connectivity index (χ0v) is 11.6. The lowest BCUT2D eigenvalue weighted by atomic mass is 9.88. The van der Waals surface area contributed by atoms with Crippen LogP contribution in [0.25, 0.3) is 0 Å². The largest absolute Gasteiger partial charge is 0.292 e. The van der Waals surface area contributed by atoms with Crippen LogP contribution < -0.4 is 0 Å². The highest BCUT2D eigenvalue weighted by molar-refractivity contribution is 5.98. The molecule has 2 aliphatic rings. The lowest BCUT2D eigenvalue weighted by Crippen LogP contribution is -2.45. The van der Waals surface area contributed by atoms with Gasteiger partial charge in [-0.05, 0) is 39.3 Å². The second kappa shape index (κ2) is 4.20. The van der Waals surface area contributed by atoms with Gasteiger partial charge in [0.2, 0.25) is 0 Å². The Labute approximate surface area is 110 Å². The molecule has 0 amide bonds. The Morgan fingerprint density at radius 1 is 1.28 bits per heavy atom. The van der Waals surface area contributed by atoms with Crippen molar-refractivity contribution in [1.82, 2.24) is 4.90 Å². The summed E-state index contributed by atoms with van der Waals surface area (Å²) in [5, 5.41) is 0. The molecular weight excluding hydrogens is 220 g/mol. The predicted octanol–water partition coefficient (Wildman–Crippen LogP) is 3.30. The molecule has 0 saturated carbocycles. The van der Waals surface area contributed by atoms with Crippen LogP contribution in [0.15, 0.2) is 35.3 Å². The summed E-state index contributed by atoms with van der Waals surface area (Å²) in [6.07, 6.45) is 1.30. The normalized spacial score (nSPS) is 32.9. The van der Waals surface area contributed by atoms with Crippen LogP contribution in [0.3, 0.4) is 0 Å². The first-order valence-corrected chi connectivity index (χ1v) is 6.97. The average Bonchev–Trinajstić information content (AvgIpc) is 2.93. The monoisotopic (exact) mass is 242 g/mol. The molecule has 2 aliphatic heterocycles. The molecule has 2 fully saturated rings. The van der Waals surface area contributed by atoms with Crippen molar-refractivity contribution in [3.8, 4) is 0 Å². The predicted molar refractivity (Wildman–Crippen MR) is 76.1 cm³/mol. The average molecular weight is 242 g/mol. The Hall–Kier alpha value is -1.15. The summed E-state index contributed by atoms with van der Waals surface area (Å²) in [5.41, 5.74) is 2.91. The van der Waals surface area contributed by atoms with Gasteiger partial charge in [-0.2, -0.15) is 0 Å². The maximum atomic E-state index is 5.06. The van der Waals surface area contributed by atoms with E-state index in [1.165, 1.54) is 30.8 Å². The van der Waals surface area contributed by atoms with E-state index in [0.717, 1.165) is 0 Å². The highest BCUT2D eigenvalue weighted by Gasteiger charge is 2.48. The number of hydrogen-bond acceptors (Lipinski definition) is 2. The quantitative estimate of drug-likeness (QED) is 0.777. The first-order valence-electron chi connectivity index (χ1n) is 6.97. The third kappa shape index (κ3) is 1.79. The number of piperidine rings is 1. The van der Waals surface area contributed by atoms with Gasteiger partial charge >= 0.3 is 0 Å². The summed E-state index contributed by atoms with van der Waals surface area (Å²) in [6, 6.07) is 10.9. The van der Waals surface area contributed by atoms with Gasteiger partial charge < -0.3 is 0 Å². The Morgan fingerprint density at radius 3 is 2.61 bits per heavy atom. The fraction of sp³-hybridized carbons (Fsp3) is 0.562. The molecule has 0 radical (unpaired) electrons. The number of aliphatic imine (C=N–C) groups is 1. The molecule has 18 heavy (non-hydrogen) atoms. The summed E-state index contributed by atoms with van der Waals surface area (Å²) < 4.78 is 0. The highest BCUT2D eigenvalue weighted by atomic mass is 15.3. The van der Waals surface area contributed by atoms with Gasteiger partial charge in [-0.15, -0.1) is 0 Å². The van der Waals surface area contributed by atoms with E-state index in [1.54, 1.807) is 0 Å². The fourth-order valence-electron chi connectivity index (χ4n) is 3.43. The first kappa shape index (κ1) is 11.9. The number of rotatable bonds is 2. The van der Waals surface area contributed by atoms with E-state index in [0.29, 0.717) is 5.92 Å². The van der Waals surface area contributed by atoms with Gasteiger partial charge in [-0.3, -0.25) is 9.89 Å². The van der Waals surface area contributed by atoms with Gasteiger partial charge in [0.25, 0.3) is 0 Å². The lowest BCUT2D eigenvalue weighted by molar-refractivity contribution is 0.239. The van der Waals surface area contributed by atoms with E-state index in [2.05, 4.69) is 56.0 Å². The van der Waals surface area contributed by atoms with Crippen molar-refractivity contribution in [3.63, 3.8) is 0 Å². The summed E-state index contributed by atoms with van der Waals surface area (Å²) in [6.45, 7) is 9.31. The maximum Gasteiger partial charge on any atom is 0.0721 e. The van der Waals surface area contributed by atoms with Crippen LogP contribution in [0.5, 0.6) is 0 Å². The molecular formula is C16H22N2. The molecule has 3 unspecified atom stereocenters. The smallest absolute Gasteiger partial charge is 0.0721 e. The minimum atomic E-state index is 0.173. The van der Waals surface area contributed by atoms with E-state index < -0.39 is 0 Å². The standard InChI is InChI=1S/C16H22N2/c1-12(13-7-5-4-6-8-13)17-15-14-9-10-18(11-14)16(15,2)3/h4-8,12,14H,9-11H2,1-3H3/b17-15-. The zero-order valence-electron chi connectivity index (χ0n) is 11.6. The third-order valence-electron chi connectivity index (χ3n) is 4.61. The van der Waals surface area contributed by atoms with E-state index in [1.807, 2.05) is 0 Å². The number of hydrogen-bond donors (Lipinski definition) is 0. The van der Waals surface area contributed by atoms with Crippen LogP contribution in [0.4, 0.5) is 0 Å². The van der Waals surface area contributed by atoms with Gasteiger partial charge in [-0.25, -0.2) is 0 Å². The van der Waals surface area contributed by atoms with Gasteiger partial charge in [0.15, 0.2) is 0 Å². The molecule has 1 aromatic rings. The molecule has 3 rings (SSSR count). The van der Waals surface area contributed by atoms with Crippen molar-refractivity contribution in [3.05, 3.63) is 35.9 Å². The van der Waals surface area contributed by atoms with Crippen LogP contribution in [0, 0.1) is 5.92 Å². The van der Waals surface area contributed by atoms with Crippen molar-refractivity contribution in [2.24, 2.45) is 10.9 Å². The minimum Gasteiger partial charge on any atom is -0.292 e. The molecule has 2 saturated heterocycles. The molecule has 1 aromatic carbocycles. The summed E-state index contributed by atoms with van der Waals surface area (Å²) in [5.74, 6) is 0.700. The van der Waals surface area contributed by atoms with Crippen LogP contribution in [-0.2, 0) is 0 Å². The maximum absolute atomic E-state index is 5.06. The summed E-state index contributed by atoms with van der Waals surface area (Å²) >= 11 is 0. The van der Waals surface area contributed by atoms with Crippen LogP contribution >= 0.6 is 0 Å². The number of fused-ring (bicyclic) bond motifs is 2. The molecule has 3 atom stereocenters. The van der Waals surface area contributed by atoms with Crippen LogP contribution in [-0.4, -0.2) is 29.2 Å². The molecule has 0 N–H and O–H groups in total.